The maximum Gasteiger partial charge on any atom is 0.410 e. The Hall–Kier alpha value is -3.72. The molecule has 10 heteroatoms. The zero-order valence-corrected chi connectivity index (χ0v) is 22.2. The third-order valence-corrected chi connectivity index (χ3v) is 6.61. The molecule has 2 aromatic carbocycles. The van der Waals surface area contributed by atoms with E-state index in [1.165, 1.54) is 0 Å². The van der Waals surface area contributed by atoms with Gasteiger partial charge in [0.05, 0.1) is 19.0 Å². The highest BCUT2D eigenvalue weighted by atomic mass is 35.5. The number of hydrogen-bond donors (Lipinski definition) is 2. The molecular weight excluding hydrogens is 492 g/mol. The van der Waals surface area contributed by atoms with Gasteiger partial charge in [0.15, 0.2) is 5.82 Å². The first-order chi connectivity index (χ1) is 17.6. The Balaban J connectivity index is 1.21. The number of rotatable bonds is 6. The highest BCUT2D eigenvalue weighted by molar-refractivity contribution is 6.32. The first-order valence-electron chi connectivity index (χ1n) is 12.2. The molecule has 2 N–H and O–H groups in total. The monoisotopic (exact) mass is 522 g/mol. The van der Waals surface area contributed by atoms with E-state index in [9.17, 15) is 4.79 Å². The van der Waals surface area contributed by atoms with Gasteiger partial charge in [-0.25, -0.2) is 9.78 Å². The Morgan fingerprint density at radius 2 is 1.78 bits per heavy atom. The Morgan fingerprint density at radius 3 is 2.46 bits per heavy atom. The number of amides is 1. The number of methoxy groups -OCH3 is 1. The van der Waals surface area contributed by atoms with Crippen molar-refractivity contribution in [3.05, 3.63) is 59.8 Å². The number of anilines is 5. The maximum atomic E-state index is 12.3. The first kappa shape index (κ1) is 25.0. The fourth-order valence-electron chi connectivity index (χ4n) is 4.64. The molecule has 2 fully saturated rings. The van der Waals surface area contributed by atoms with Crippen LogP contribution in [0.15, 0.2) is 54.7 Å². The summed E-state index contributed by atoms with van der Waals surface area (Å²) < 4.78 is 11.1. The van der Waals surface area contributed by atoms with Crippen LogP contribution in [0.1, 0.15) is 20.8 Å². The van der Waals surface area contributed by atoms with Crippen LogP contribution in [-0.4, -0.2) is 59.9 Å². The second-order valence-corrected chi connectivity index (χ2v) is 11.0. The number of aromatic nitrogens is 2. The van der Waals surface area contributed by atoms with Crippen LogP contribution in [-0.2, 0) is 4.74 Å². The zero-order valence-electron chi connectivity index (χ0n) is 21.4. The van der Waals surface area contributed by atoms with E-state index >= 15 is 0 Å². The lowest BCUT2D eigenvalue weighted by atomic mass is 9.73. The molecule has 9 nitrogen and oxygen atoms in total. The number of para-hydroxylation sites is 1. The molecule has 0 atom stereocenters. The van der Waals surface area contributed by atoms with Crippen molar-refractivity contribution in [2.24, 2.45) is 5.41 Å². The van der Waals surface area contributed by atoms with E-state index in [1.807, 2.05) is 69.3 Å². The molecule has 3 aromatic rings. The lowest BCUT2D eigenvalue weighted by molar-refractivity contribution is -0.0453. The summed E-state index contributed by atoms with van der Waals surface area (Å²) in [6.07, 6.45) is 1.32. The number of nitrogens with one attached hydrogen (secondary N) is 2. The van der Waals surface area contributed by atoms with Crippen LogP contribution in [0.3, 0.4) is 0 Å². The van der Waals surface area contributed by atoms with Crippen molar-refractivity contribution in [2.45, 2.75) is 26.4 Å². The van der Waals surface area contributed by atoms with E-state index in [-0.39, 0.29) is 11.5 Å². The van der Waals surface area contributed by atoms with Crippen LogP contribution in [0.4, 0.5) is 33.6 Å². The Kier molecular flexibility index (Phi) is 6.49. The fraction of sp³-hybridized carbons (Fsp3) is 0.370. The molecular formula is C27H31ClN6O3. The minimum absolute atomic E-state index is 0.139. The minimum Gasteiger partial charge on any atom is -0.494 e. The summed E-state index contributed by atoms with van der Waals surface area (Å²) in [5.41, 5.74) is 2.35. The highest BCUT2D eigenvalue weighted by Crippen LogP contribution is 2.44. The summed E-state index contributed by atoms with van der Waals surface area (Å²) in [7, 11) is 1.64. The minimum atomic E-state index is -0.477. The molecule has 0 radical (unpaired) electrons. The summed E-state index contributed by atoms with van der Waals surface area (Å²) in [5, 5.41) is 6.87. The van der Waals surface area contributed by atoms with Gasteiger partial charge in [-0.05, 0) is 45.0 Å². The van der Waals surface area contributed by atoms with E-state index in [2.05, 4.69) is 25.5 Å². The zero-order chi connectivity index (χ0) is 26.2. The summed E-state index contributed by atoms with van der Waals surface area (Å²) in [6.45, 7) is 8.88. The molecule has 0 aliphatic carbocycles. The van der Waals surface area contributed by atoms with Gasteiger partial charge in [-0.3, -0.25) is 0 Å². The van der Waals surface area contributed by atoms with Crippen LogP contribution < -0.4 is 20.3 Å². The molecule has 2 aliphatic rings. The number of hydrogen-bond acceptors (Lipinski definition) is 8. The number of ether oxygens (including phenoxy) is 2. The molecule has 3 heterocycles. The predicted molar refractivity (Wildman–Crippen MR) is 145 cm³/mol. The predicted octanol–water partition coefficient (Wildman–Crippen LogP) is 5.68. The van der Waals surface area contributed by atoms with Crippen molar-refractivity contribution in [1.29, 1.82) is 0 Å². The molecule has 1 amide bonds. The van der Waals surface area contributed by atoms with Gasteiger partial charge in [0, 0.05) is 49.0 Å². The molecule has 1 spiro atoms. The highest BCUT2D eigenvalue weighted by Gasteiger charge is 2.54. The van der Waals surface area contributed by atoms with Crippen molar-refractivity contribution < 1.29 is 14.3 Å². The van der Waals surface area contributed by atoms with Crippen LogP contribution >= 0.6 is 11.6 Å². The molecule has 5 rings (SSSR count). The van der Waals surface area contributed by atoms with Crippen molar-refractivity contribution in [2.75, 3.05) is 48.8 Å². The molecule has 194 valence electrons. The molecule has 0 unspecified atom stereocenters. The lowest BCUT2D eigenvalue weighted by Gasteiger charge is -2.60. The largest absolute Gasteiger partial charge is 0.494 e. The molecule has 2 saturated heterocycles. The summed E-state index contributed by atoms with van der Waals surface area (Å²) in [6, 6.07) is 15.7. The number of halogens is 1. The second kappa shape index (κ2) is 9.63. The third-order valence-electron chi connectivity index (χ3n) is 6.33. The van der Waals surface area contributed by atoms with Crippen molar-refractivity contribution in [3.63, 3.8) is 0 Å². The maximum absolute atomic E-state index is 12.3. The number of benzene rings is 2. The molecule has 37 heavy (non-hydrogen) atoms. The van der Waals surface area contributed by atoms with Crippen LogP contribution in [0.5, 0.6) is 5.75 Å². The van der Waals surface area contributed by atoms with Crippen molar-refractivity contribution >= 4 is 46.5 Å². The van der Waals surface area contributed by atoms with Crippen LogP contribution in [0.2, 0.25) is 5.02 Å². The number of carbonyl (C=O) groups is 1. The van der Waals surface area contributed by atoms with Gasteiger partial charge in [0.1, 0.15) is 16.4 Å². The van der Waals surface area contributed by atoms with Gasteiger partial charge in [-0.2, -0.15) is 4.98 Å². The molecule has 0 saturated carbocycles. The SMILES string of the molecule is COc1cc(N2CC3(CN(C(=O)OC(C)(C)C)C3)C2)ccc1Nc1ncc(Cl)c(Nc2ccccc2)n1. The van der Waals surface area contributed by atoms with Gasteiger partial charge < -0.3 is 29.9 Å². The molecule has 0 bridgehead atoms. The van der Waals surface area contributed by atoms with E-state index in [0.717, 1.165) is 43.2 Å². The van der Waals surface area contributed by atoms with Gasteiger partial charge in [0.25, 0.3) is 0 Å². The second-order valence-electron chi connectivity index (χ2n) is 10.6. The number of carbonyl (C=O) groups excluding carboxylic acids is 1. The average molecular weight is 523 g/mol. The van der Waals surface area contributed by atoms with Crippen LogP contribution in [0, 0.1) is 5.41 Å². The van der Waals surface area contributed by atoms with E-state index in [4.69, 9.17) is 21.1 Å². The van der Waals surface area contributed by atoms with Gasteiger partial charge >= 0.3 is 6.09 Å². The van der Waals surface area contributed by atoms with Gasteiger partial charge in [-0.1, -0.05) is 29.8 Å². The number of likely N-dealkylation sites (tertiary alicyclic amines) is 1. The Labute approximate surface area is 221 Å². The standard InChI is InChI=1S/C27H31ClN6O3/c1-26(2,3)37-25(35)34-16-27(17-34)14-33(15-27)19-10-11-21(22(12-19)36-4)31-24-29-13-20(28)23(32-24)30-18-8-6-5-7-9-18/h5-13H,14-17H2,1-4H3,(H2,29,30,31,32). The normalized spacial score (nSPS) is 16.0. The van der Waals surface area contributed by atoms with Gasteiger partial charge in [0.2, 0.25) is 5.95 Å². The van der Waals surface area contributed by atoms with E-state index in [1.54, 1.807) is 18.2 Å². The number of nitrogens with zero attached hydrogens (tertiary/aromatic N) is 4. The quantitative estimate of drug-likeness (QED) is 0.427. The van der Waals surface area contributed by atoms with Gasteiger partial charge in [-0.15, -0.1) is 0 Å². The summed E-state index contributed by atoms with van der Waals surface area (Å²) >= 11 is 6.31. The van der Waals surface area contributed by atoms with Crippen molar-refractivity contribution in [1.82, 2.24) is 14.9 Å². The Bertz CT molecular complexity index is 1280. The summed E-state index contributed by atoms with van der Waals surface area (Å²) in [4.78, 5) is 25.2. The third kappa shape index (κ3) is 5.51. The van der Waals surface area contributed by atoms with E-state index < -0.39 is 5.60 Å². The van der Waals surface area contributed by atoms with E-state index in [0.29, 0.717) is 22.5 Å². The topological polar surface area (TPSA) is 91.9 Å². The van der Waals surface area contributed by atoms with Crippen molar-refractivity contribution in [3.8, 4) is 5.75 Å². The summed E-state index contributed by atoms with van der Waals surface area (Å²) in [5.74, 6) is 1.58. The van der Waals surface area contributed by atoms with Crippen LogP contribution in [0.25, 0.3) is 0 Å². The molecule has 1 aromatic heterocycles. The average Bonchev–Trinajstić information content (AvgIpc) is 2.79. The molecule has 2 aliphatic heterocycles. The first-order valence-corrected chi connectivity index (χ1v) is 12.5. The fourth-order valence-corrected chi connectivity index (χ4v) is 4.78. The smallest absolute Gasteiger partial charge is 0.410 e. The Morgan fingerprint density at radius 1 is 1.05 bits per heavy atom. The lowest BCUT2D eigenvalue weighted by Crippen LogP contribution is -2.73.